The highest BCUT2D eigenvalue weighted by atomic mass is 16.5. The Hall–Kier alpha value is -3.73. The fraction of sp³-hybridized carbons (Fsp3) is 0.160. The van der Waals surface area contributed by atoms with E-state index in [1.54, 1.807) is 30.3 Å². The van der Waals surface area contributed by atoms with Gasteiger partial charge in [-0.15, -0.1) is 0 Å². The predicted octanol–water partition coefficient (Wildman–Crippen LogP) is 4.64. The molecule has 0 radical (unpaired) electrons. The molecule has 0 aliphatic rings. The van der Waals surface area contributed by atoms with Crippen LogP contribution in [0.5, 0.6) is 0 Å². The minimum atomic E-state index is -0.720. The van der Waals surface area contributed by atoms with Crippen LogP contribution >= 0.6 is 0 Å². The molecule has 30 heavy (non-hydrogen) atoms. The zero-order valence-electron chi connectivity index (χ0n) is 17.2. The molecule has 3 rings (SSSR count). The van der Waals surface area contributed by atoms with Crippen LogP contribution in [0.1, 0.15) is 43.0 Å². The molecular formula is C25H23NO4. The van der Waals surface area contributed by atoms with Gasteiger partial charge in [-0.2, -0.15) is 0 Å². The number of aryl methyl sites for hydroxylation is 3. The Morgan fingerprint density at radius 3 is 2.00 bits per heavy atom. The first kappa shape index (κ1) is 21.0. The Bertz CT molecular complexity index is 1080. The van der Waals surface area contributed by atoms with Crippen molar-refractivity contribution in [1.82, 2.24) is 0 Å². The number of hydrogen-bond donors (Lipinski definition) is 1. The van der Waals surface area contributed by atoms with Gasteiger partial charge in [0.25, 0.3) is 5.91 Å². The van der Waals surface area contributed by atoms with Gasteiger partial charge >= 0.3 is 5.97 Å². The number of nitrogens with one attached hydrogen (secondary N) is 1. The third kappa shape index (κ3) is 4.81. The number of carbonyl (C=O) groups excluding carboxylic acids is 3. The zero-order valence-corrected chi connectivity index (χ0v) is 17.2. The lowest BCUT2D eigenvalue weighted by molar-refractivity contribution is -0.119. The second-order valence-corrected chi connectivity index (χ2v) is 7.13. The Morgan fingerprint density at radius 2 is 1.37 bits per heavy atom. The Balaban J connectivity index is 1.71. The molecule has 0 fully saturated rings. The monoisotopic (exact) mass is 401 g/mol. The molecular weight excluding hydrogens is 378 g/mol. The summed E-state index contributed by atoms with van der Waals surface area (Å²) in [5, 5.41) is 2.77. The van der Waals surface area contributed by atoms with Crippen molar-refractivity contribution in [2.24, 2.45) is 0 Å². The molecule has 5 heteroatoms. The van der Waals surface area contributed by atoms with Gasteiger partial charge in [0.05, 0.1) is 5.56 Å². The first-order valence-electron chi connectivity index (χ1n) is 9.60. The zero-order chi connectivity index (χ0) is 21.7. The van der Waals surface area contributed by atoms with E-state index in [4.69, 9.17) is 4.74 Å². The normalized spacial score (nSPS) is 10.4. The maximum absolute atomic E-state index is 12.9. The van der Waals surface area contributed by atoms with Crippen LogP contribution in [0, 0.1) is 20.8 Å². The molecule has 3 aromatic rings. The topological polar surface area (TPSA) is 72.5 Å². The second kappa shape index (κ2) is 9.18. The van der Waals surface area contributed by atoms with Gasteiger partial charge in [-0.25, -0.2) is 4.79 Å². The average molecular weight is 401 g/mol. The molecule has 0 atom stereocenters. The molecule has 0 aliphatic heterocycles. The van der Waals surface area contributed by atoms with Gasteiger partial charge in [0.15, 0.2) is 12.4 Å². The van der Waals surface area contributed by atoms with Gasteiger partial charge in [-0.05, 0) is 38.0 Å². The molecule has 0 heterocycles. The molecule has 0 aromatic heterocycles. The number of benzene rings is 3. The molecule has 5 nitrogen and oxygen atoms in total. The summed E-state index contributed by atoms with van der Waals surface area (Å²) in [5.41, 5.74) is 4.42. The van der Waals surface area contributed by atoms with E-state index >= 15 is 0 Å². The van der Waals surface area contributed by atoms with Gasteiger partial charge < -0.3 is 10.1 Å². The summed E-state index contributed by atoms with van der Waals surface area (Å²) >= 11 is 0. The third-order valence-electron chi connectivity index (χ3n) is 4.79. The van der Waals surface area contributed by atoms with Crippen LogP contribution in [0.15, 0.2) is 66.7 Å². The fourth-order valence-electron chi connectivity index (χ4n) is 3.12. The first-order chi connectivity index (χ1) is 14.4. The van der Waals surface area contributed by atoms with Gasteiger partial charge in [0, 0.05) is 16.8 Å². The highest BCUT2D eigenvalue weighted by molar-refractivity contribution is 6.14. The van der Waals surface area contributed by atoms with E-state index in [0.717, 1.165) is 16.7 Å². The number of amides is 1. The van der Waals surface area contributed by atoms with Crippen LogP contribution in [-0.4, -0.2) is 24.3 Å². The average Bonchev–Trinajstić information content (AvgIpc) is 2.75. The number of hydrogen-bond acceptors (Lipinski definition) is 4. The molecule has 0 unspecified atom stereocenters. The Kier molecular flexibility index (Phi) is 6.42. The summed E-state index contributed by atoms with van der Waals surface area (Å²) in [6, 6.07) is 19.2. The number of carbonyl (C=O) groups is 3. The number of esters is 1. The van der Waals surface area contributed by atoms with Gasteiger partial charge in [-0.1, -0.05) is 66.2 Å². The molecule has 0 spiro atoms. The number of rotatable bonds is 6. The maximum atomic E-state index is 12.9. The van der Waals surface area contributed by atoms with Crippen LogP contribution in [0.2, 0.25) is 0 Å². The lowest BCUT2D eigenvalue weighted by Crippen LogP contribution is -2.22. The molecule has 1 amide bonds. The largest absolute Gasteiger partial charge is 0.452 e. The first-order valence-corrected chi connectivity index (χ1v) is 9.60. The summed E-state index contributed by atoms with van der Waals surface area (Å²) < 4.78 is 5.18. The number of ketones is 1. The van der Waals surface area contributed by atoms with Crippen molar-refractivity contribution in [3.8, 4) is 0 Å². The van der Waals surface area contributed by atoms with E-state index in [1.807, 2.05) is 51.1 Å². The number of ether oxygens (including phenoxy) is 1. The Labute approximate surface area is 175 Å². The summed E-state index contributed by atoms with van der Waals surface area (Å²) in [6.07, 6.45) is 0. The van der Waals surface area contributed by atoms with Crippen molar-refractivity contribution in [1.29, 1.82) is 0 Å². The van der Waals surface area contributed by atoms with E-state index in [0.29, 0.717) is 11.3 Å². The van der Waals surface area contributed by atoms with Gasteiger partial charge in [-0.3, -0.25) is 9.59 Å². The summed E-state index contributed by atoms with van der Waals surface area (Å²) in [5.74, 6) is -1.44. The van der Waals surface area contributed by atoms with Crippen molar-refractivity contribution in [2.75, 3.05) is 11.9 Å². The van der Waals surface area contributed by atoms with Crippen LogP contribution in [-0.2, 0) is 9.53 Å². The predicted molar refractivity (Wildman–Crippen MR) is 116 cm³/mol. The molecule has 0 aliphatic carbocycles. The van der Waals surface area contributed by atoms with Crippen molar-refractivity contribution < 1.29 is 19.1 Å². The molecule has 0 saturated heterocycles. The molecule has 0 saturated carbocycles. The summed E-state index contributed by atoms with van der Waals surface area (Å²) in [4.78, 5) is 37.7. The summed E-state index contributed by atoms with van der Waals surface area (Å²) in [7, 11) is 0. The van der Waals surface area contributed by atoms with E-state index in [-0.39, 0.29) is 16.9 Å². The smallest absolute Gasteiger partial charge is 0.339 e. The van der Waals surface area contributed by atoms with E-state index in [9.17, 15) is 14.4 Å². The minimum Gasteiger partial charge on any atom is -0.452 e. The lowest BCUT2D eigenvalue weighted by atomic mass is 9.98. The van der Waals surface area contributed by atoms with E-state index < -0.39 is 18.5 Å². The van der Waals surface area contributed by atoms with Crippen molar-refractivity contribution >= 4 is 23.3 Å². The summed E-state index contributed by atoms with van der Waals surface area (Å²) in [6.45, 7) is 5.27. The van der Waals surface area contributed by atoms with E-state index in [1.165, 1.54) is 6.07 Å². The lowest BCUT2D eigenvalue weighted by Gasteiger charge is -2.12. The quantitative estimate of drug-likeness (QED) is 0.482. The second-order valence-electron chi connectivity index (χ2n) is 7.13. The van der Waals surface area contributed by atoms with E-state index in [2.05, 4.69) is 5.32 Å². The van der Waals surface area contributed by atoms with Crippen LogP contribution in [0.3, 0.4) is 0 Å². The van der Waals surface area contributed by atoms with Crippen molar-refractivity contribution in [2.45, 2.75) is 20.8 Å². The highest BCUT2D eigenvalue weighted by Gasteiger charge is 2.20. The SMILES string of the molecule is Cc1ccc(C(=O)c2ccccc2C(=O)OCC(=O)Nc2c(C)cccc2C)cc1. The third-order valence-corrected chi connectivity index (χ3v) is 4.79. The molecule has 1 N–H and O–H groups in total. The maximum Gasteiger partial charge on any atom is 0.339 e. The fourth-order valence-corrected chi connectivity index (χ4v) is 3.12. The van der Waals surface area contributed by atoms with Crippen molar-refractivity contribution in [3.63, 3.8) is 0 Å². The Morgan fingerprint density at radius 1 is 0.767 bits per heavy atom. The van der Waals surface area contributed by atoms with Crippen LogP contribution < -0.4 is 5.32 Å². The number of anilines is 1. The van der Waals surface area contributed by atoms with Crippen molar-refractivity contribution in [3.05, 3.63) is 100 Å². The van der Waals surface area contributed by atoms with Crippen LogP contribution in [0.25, 0.3) is 0 Å². The number of para-hydroxylation sites is 1. The molecule has 0 bridgehead atoms. The van der Waals surface area contributed by atoms with Gasteiger partial charge in [0.1, 0.15) is 0 Å². The highest BCUT2D eigenvalue weighted by Crippen LogP contribution is 2.20. The van der Waals surface area contributed by atoms with Crippen LogP contribution in [0.4, 0.5) is 5.69 Å². The molecule has 152 valence electrons. The standard InChI is InChI=1S/C25H23NO4/c1-16-11-13-19(14-12-16)24(28)20-9-4-5-10-21(20)25(29)30-15-22(27)26-23-17(2)7-6-8-18(23)3/h4-14H,15H2,1-3H3,(H,26,27). The van der Waals surface area contributed by atoms with Gasteiger partial charge in [0.2, 0.25) is 0 Å². The minimum absolute atomic E-state index is 0.128. The molecule has 3 aromatic carbocycles.